The van der Waals surface area contributed by atoms with E-state index in [2.05, 4.69) is 31.1 Å². The Morgan fingerprint density at radius 3 is 2.61 bits per heavy atom. The number of nitrogens with zero attached hydrogens (tertiary/aromatic N) is 2. The lowest BCUT2D eigenvalue weighted by atomic mass is 10.0. The number of hydrogen-bond donors (Lipinski definition) is 4. The highest BCUT2D eigenvalue weighted by Crippen LogP contribution is 2.41. The molecule has 1 saturated carbocycles. The van der Waals surface area contributed by atoms with Gasteiger partial charge < -0.3 is 10.6 Å². The van der Waals surface area contributed by atoms with Crippen molar-refractivity contribution >= 4 is 72.4 Å². The van der Waals surface area contributed by atoms with Crippen LogP contribution in [0.15, 0.2) is 30.5 Å². The average molecular weight is 537 g/mol. The lowest BCUT2D eigenvalue weighted by molar-refractivity contribution is -0.136. The number of thiazole rings is 1. The quantitative estimate of drug-likeness (QED) is 0.241. The maximum atomic E-state index is 13.6. The van der Waals surface area contributed by atoms with Crippen LogP contribution in [0.25, 0.3) is 21.1 Å². The molecule has 2 amide bonds. The molecule has 4 aromatic rings. The van der Waals surface area contributed by atoms with Gasteiger partial charge in [0.1, 0.15) is 5.54 Å². The van der Waals surface area contributed by atoms with Gasteiger partial charge in [-0.2, -0.15) is 18.3 Å². The summed E-state index contributed by atoms with van der Waals surface area (Å²) < 4.78 is 41.2. The number of carbonyl (C=O) groups excluding carboxylic acids is 2. The number of anilines is 3. The third kappa shape index (κ3) is 4.70. The monoisotopic (exact) mass is 536 g/mol. The van der Waals surface area contributed by atoms with E-state index in [1.807, 2.05) is 0 Å². The van der Waals surface area contributed by atoms with Crippen LogP contribution >= 0.6 is 22.9 Å². The number of hydrogen-bond acceptors (Lipinski definition) is 6. The number of nitrogens with one attached hydrogen (secondary N) is 4. The number of aromatic amines is 1. The molecule has 8 nitrogen and oxygen atoms in total. The first-order chi connectivity index (χ1) is 16.9. The molecule has 2 heterocycles. The molecule has 2 aromatic carbocycles. The number of carbonyl (C=O) groups is 2. The number of aromatic nitrogens is 3. The van der Waals surface area contributed by atoms with Gasteiger partial charge in [0.15, 0.2) is 5.13 Å². The largest absolute Gasteiger partial charge is 0.418 e. The third-order valence-electron chi connectivity index (χ3n) is 5.81. The van der Waals surface area contributed by atoms with Gasteiger partial charge in [-0.1, -0.05) is 22.9 Å². The van der Waals surface area contributed by atoms with Crippen molar-refractivity contribution in [2.75, 3.05) is 16.0 Å². The average Bonchev–Trinajstić information content (AvgIpc) is 3.39. The molecule has 0 spiro atoms. The second kappa shape index (κ2) is 8.63. The molecule has 188 valence electrons. The summed E-state index contributed by atoms with van der Waals surface area (Å²) in [5, 5.41) is 15.7. The van der Waals surface area contributed by atoms with Crippen molar-refractivity contribution in [3.8, 4) is 0 Å². The molecule has 0 unspecified atom stereocenters. The Bertz CT molecular complexity index is 1510. The van der Waals surface area contributed by atoms with E-state index in [1.165, 1.54) is 6.20 Å². The zero-order chi connectivity index (χ0) is 25.8. The van der Waals surface area contributed by atoms with E-state index in [1.54, 1.807) is 32.0 Å². The molecular weight excluding hydrogens is 517 g/mol. The van der Waals surface area contributed by atoms with Crippen molar-refractivity contribution in [1.82, 2.24) is 15.2 Å². The van der Waals surface area contributed by atoms with Crippen LogP contribution in [0.3, 0.4) is 0 Å². The highest BCUT2D eigenvalue weighted by atomic mass is 35.5. The number of benzene rings is 2. The summed E-state index contributed by atoms with van der Waals surface area (Å²) in [5.74, 6) is -0.626. The van der Waals surface area contributed by atoms with Crippen molar-refractivity contribution in [3.63, 3.8) is 0 Å². The Labute approximate surface area is 211 Å². The van der Waals surface area contributed by atoms with Crippen molar-refractivity contribution in [1.29, 1.82) is 0 Å². The Morgan fingerprint density at radius 2 is 1.92 bits per heavy atom. The zero-order valence-corrected chi connectivity index (χ0v) is 20.6. The van der Waals surface area contributed by atoms with E-state index in [-0.39, 0.29) is 32.7 Å². The lowest BCUT2D eigenvalue weighted by Crippen LogP contribution is -2.44. The number of alkyl halides is 3. The number of halogens is 4. The molecule has 36 heavy (non-hydrogen) atoms. The molecule has 0 aliphatic heterocycles. The van der Waals surface area contributed by atoms with Crippen LogP contribution in [0, 0.1) is 5.92 Å². The van der Waals surface area contributed by atoms with Crippen molar-refractivity contribution in [2.24, 2.45) is 5.92 Å². The van der Waals surface area contributed by atoms with E-state index < -0.39 is 23.2 Å². The molecule has 2 aromatic heterocycles. The first-order valence-electron chi connectivity index (χ1n) is 11.0. The standard InChI is InChI=1S/C23H20ClF3N6O2S/c1-22(2,32-11-5-6-14(24)16(7-11)29-19(34)10-3-4-10)20(35)31-21-30-17-13(23(25,26)27)8-15-12(9-28-33-15)18(17)36-21/h5-10,32H,3-4H2,1-2H3,(H,28,33)(H,29,34)(H,30,31,35). The normalized spacial score (nSPS) is 14.3. The molecule has 0 atom stereocenters. The summed E-state index contributed by atoms with van der Waals surface area (Å²) in [6, 6.07) is 5.85. The minimum atomic E-state index is -4.63. The maximum Gasteiger partial charge on any atom is 0.418 e. The fraction of sp³-hybridized carbons (Fsp3) is 0.304. The highest BCUT2D eigenvalue weighted by Gasteiger charge is 2.36. The Kier molecular flexibility index (Phi) is 5.83. The predicted octanol–water partition coefficient (Wildman–Crippen LogP) is 6.02. The molecule has 1 aliphatic carbocycles. The second-order valence-corrected chi connectivity index (χ2v) is 10.5. The number of rotatable bonds is 6. The van der Waals surface area contributed by atoms with Gasteiger partial charge in [0, 0.05) is 17.0 Å². The van der Waals surface area contributed by atoms with Crippen LogP contribution in [0.5, 0.6) is 0 Å². The molecule has 4 N–H and O–H groups in total. The molecule has 1 fully saturated rings. The van der Waals surface area contributed by atoms with Gasteiger partial charge in [-0.15, -0.1) is 0 Å². The summed E-state index contributed by atoms with van der Waals surface area (Å²) in [4.78, 5) is 29.3. The highest BCUT2D eigenvalue weighted by molar-refractivity contribution is 7.23. The minimum Gasteiger partial charge on any atom is -0.372 e. The SMILES string of the molecule is CC(C)(Nc1ccc(Cl)c(NC(=O)C2CC2)c1)C(=O)Nc1nc2c(C(F)(F)F)cc3[nH]ncc3c2s1. The Morgan fingerprint density at radius 1 is 1.17 bits per heavy atom. The van der Waals surface area contributed by atoms with Crippen LogP contribution in [-0.4, -0.2) is 32.5 Å². The van der Waals surface area contributed by atoms with Crippen LogP contribution in [-0.2, 0) is 15.8 Å². The lowest BCUT2D eigenvalue weighted by Gasteiger charge is -2.26. The van der Waals surface area contributed by atoms with Gasteiger partial charge >= 0.3 is 6.18 Å². The molecule has 0 radical (unpaired) electrons. The summed E-state index contributed by atoms with van der Waals surface area (Å²) in [7, 11) is 0. The second-order valence-electron chi connectivity index (χ2n) is 9.11. The van der Waals surface area contributed by atoms with Crippen LogP contribution in [0.1, 0.15) is 32.3 Å². The molecule has 0 bridgehead atoms. The predicted molar refractivity (Wildman–Crippen MR) is 133 cm³/mol. The van der Waals surface area contributed by atoms with Gasteiger partial charge in [0.25, 0.3) is 5.91 Å². The van der Waals surface area contributed by atoms with Gasteiger partial charge in [-0.05, 0) is 51.0 Å². The molecule has 1 aliphatic rings. The van der Waals surface area contributed by atoms with E-state index in [9.17, 15) is 22.8 Å². The van der Waals surface area contributed by atoms with Crippen LogP contribution in [0.4, 0.5) is 29.7 Å². The topological polar surface area (TPSA) is 112 Å². The van der Waals surface area contributed by atoms with Gasteiger partial charge in [-0.25, -0.2) is 4.98 Å². The molecule has 0 saturated heterocycles. The number of H-pyrrole nitrogens is 1. The fourth-order valence-corrected chi connectivity index (χ4v) is 4.87. The first kappa shape index (κ1) is 24.3. The Hall–Kier alpha value is -3.38. The summed E-state index contributed by atoms with van der Waals surface area (Å²) in [6.07, 6.45) is -1.52. The molecular formula is C23H20ClF3N6O2S. The summed E-state index contributed by atoms with van der Waals surface area (Å²) >= 11 is 7.14. The van der Waals surface area contributed by atoms with E-state index in [0.29, 0.717) is 21.8 Å². The van der Waals surface area contributed by atoms with E-state index in [4.69, 9.17) is 11.6 Å². The van der Waals surface area contributed by atoms with Crippen LogP contribution < -0.4 is 16.0 Å². The number of fused-ring (bicyclic) bond motifs is 3. The summed E-state index contributed by atoms with van der Waals surface area (Å²) in [5.41, 5.74) is -1.19. The van der Waals surface area contributed by atoms with Crippen molar-refractivity contribution in [2.45, 2.75) is 38.4 Å². The van der Waals surface area contributed by atoms with Gasteiger partial charge in [0.05, 0.1) is 38.2 Å². The minimum absolute atomic E-state index is 0.00476. The molecule has 13 heteroatoms. The summed E-state index contributed by atoms with van der Waals surface area (Å²) in [6.45, 7) is 3.23. The van der Waals surface area contributed by atoms with Gasteiger partial charge in [-0.3, -0.25) is 20.0 Å². The third-order valence-corrected chi connectivity index (χ3v) is 7.14. The van der Waals surface area contributed by atoms with Crippen LogP contribution in [0.2, 0.25) is 5.02 Å². The van der Waals surface area contributed by atoms with Crippen molar-refractivity contribution < 1.29 is 22.8 Å². The van der Waals surface area contributed by atoms with Gasteiger partial charge in [0.2, 0.25) is 5.91 Å². The zero-order valence-electron chi connectivity index (χ0n) is 19.0. The fourth-order valence-electron chi connectivity index (χ4n) is 3.70. The Balaban J connectivity index is 1.38. The maximum absolute atomic E-state index is 13.6. The first-order valence-corrected chi connectivity index (χ1v) is 12.2. The van der Waals surface area contributed by atoms with Crippen molar-refractivity contribution in [3.05, 3.63) is 41.0 Å². The smallest absolute Gasteiger partial charge is 0.372 e. The molecule has 5 rings (SSSR count). The van der Waals surface area contributed by atoms with E-state index in [0.717, 1.165) is 30.2 Å². The van der Waals surface area contributed by atoms with E-state index >= 15 is 0 Å². The number of amides is 2.